The van der Waals surface area contributed by atoms with Crippen LogP contribution in [0.4, 0.5) is 0 Å². The van der Waals surface area contributed by atoms with Gasteiger partial charge in [-0.1, -0.05) is 12.1 Å². The third-order valence-electron chi connectivity index (χ3n) is 4.94. The van der Waals surface area contributed by atoms with E-state index in [4.69, 9.17) is 9.47 Å². The molecule has 7 heteroatoms. The molecule has 1 aliphatic heterocycles. The van der Waals surface area contributed by atoms with Crippen molar-refractivity contribution in [1.29, 1.82) is 0 Å². The van der Waals surface area contributed by atoms with Crippen LogP contribution >= 0.6 is 0 Å². The molecular weight excluding hydrogens is 386 g/mol. The van der Waals surface area contributed by atoms with Crippen molar-refractivity contribution in [1.82, 2.24) is 4.90 Å². The van der Waals surface area contributed by atoms with E-state index in [2.05, 4.69) is 0 Å². The number of rotatable bonds is 8. The highest BCUT2D eigenvalue weighted by Crippen LogP contribution is 2.40. The number of Topliss-reactive ketones (excluding diaryl/α,β-unsaturated/α-hetero) is 1. The monoisotopic (exact) mass is 411 g/mol. The Kier molecular flexibility index (Phi) is 6.74. The summed E-state index contributed by atoms with van der Waals surface area (Å²) in [5.74, 6) is -0.942. The number of benzene rings is 2. The number of carbonyl (C=O) groups excluding carboxylic acids is 2. The Morgan fingerprint density at radius 3 is 2.33 bits per heavy atom. The predicted octanol–water partition coefficient (Wildman–Crippen LogP) is 3.25. The standard InChI is InChI=1S/C23H25NO6/c1-3-30-18-11-7-16(8-12-18)21(26)19-20(15-5-9-17(25)10-6-15)24(13-4-14-29-2)23(28)22(19)27/h5-12,20,25-26H,3-4,13-14H2,1-2H3/b21-19-. The minimum Gasteiger partial charge on any atom is -0.508 e. The molecule has 158 valence electrons. The van der Waals surface area contributed by atoms with Gasteiger partial charge in [0.15, 0.2) is 0 Å². The van der Waals surface area contributed by atoms with Gasteiger partial charge in [0.25, 0.3) is 11.7 Å². The van der Waals surface area contributed by atoms with Gasteiger partial charge < -0.3 is 24.6 Å². The zero-order valence-corrected chi connectivity index (χ0v) is 17.0. The Bertz CT molecular complexity index is 933. The van der Waals surface area contributed by atoms with Crippen LogP contribution in [-0.2, 0) is 14.3 Å². The number of nitrogens with zero attached hydrogens (tertiary/aromatic N) is 1. The lowest BCUT2D eigenvalue weighted by Gasteiger charge is -2.25. The molecule has 1 fully saturated rings. The fourth-order valence-corrected chi connectivity index (χ4v) is 3.52. The molecule has 1 heterocycles. The van der Waals surface area contributed by atoms with E-state index in [-0.39, 0.29) is 17.1 Å². The SMILES string of the molecule is CCOc1ccc(/C(O)=C2/C(=O)C(=O)N(CCCOC)C2c2ccc(O)cc2)cc1. The Morgan fingerprint density at radius 2 is 1.73 bits per heavy atom. The molecule has 1 aliphatic rings. The van der Waals surface area contributed by atoms with E-state index in [1.54, 1.807) is 43.5 Å². The number of aliphatic hydroxyl groups is 1. The van der Waals surface area contributed by atoms with Crippen molar-refractivity contribution in [3.63, 3.8) is 0 Å². The number of ketones is 1. The van der Waals surface area contributed by atoms with E-state index in [1.807, 2.05) is 6.92 Å². The largest absolute Gasteiger partial charge is 0.508 e. The number of methoxy groups -OCH3 is 1. The number of phenolic OH excluding ortho intramolecular Hbond substituents is 1. The molecule has 1 unspecified atom stereocenters. The number of carbonyl (C=O) groups is 2. The maximum Gasteiger partial charge on any atom is 0.295 e. The molecule has 2 aromatic carbocycles. The highest BCUT2D eigenvalue weighted by atomic mass is 16.5. The maximum atomic E-state index is 12.9. The van der Waals surface area contributed by atoms with Crippen molar-refractivity contribution in [2.75, 3.05) is 26.9 Å². The Labute approximate surface area is 175 Å². The normalized spacial score (nSPS) is 18.1. The lowest BCUT2D eigenvalue weighted by atomic mass is 9.95. The number of amides is 1. The van der Waals surface area contributed by atoms with Gasteiger partial charge in [-0.25, -0.2) is 0 Å². The number of aliphatic hydroxyl groups excluding tert-OH is 1. The number of likely N-dealkylation sites (tertiary alicyclic amines) is 1. The lowest BCUT2D eigenvalue weighted by Crippen LogP contribution is -2.31. The first-order chi connectivity index (χ1) is 14.5. The van der Waals surface area contributed by atoms with Crippen LogP contribution in [0.15, 0.2) is 54.1 Å². The van der Waals surface area contributed by atoms with Gasteiger partial charge in [-0.3, -0.25) is 9.59 Å². The highest BCUT2D eigenvalue weighted by Gasteiger charge is 2.45. The van der Waals surface area contributed by atoms with E-state index in [1.165, 1.54) is 17.0 Å². The van der Waals surface area contributed by atoms with Crippen molar-refractivity contribution in [2.45, 2.75) is 19.4 Å². The summed E-state index contributed by atoms with van der Waals surface area (Å²) in [4.78, 5) is 27.1. The van der Waals surface area contributed by atoms with Crippen molar-refractivity contribution < 1.29 is 29.3 Å². The van der Waals surface area contributed by atoms with Crippen LogP contribution in [-0.4, -0.2) is 53.7 Å². The minimum absolute atomic E-state index is 0.0206. The van der Waals surface area contributed by atoms with Crippen LogP contribution in [0.25, 0.3) is 5.76 Å². The zero-order chi connectivity index (χ0) is 21.7. The quantitative estimate of drug-likeness (QED) is 0.300. The van der Waals surface area contributed by atoms with E-state index < -0.39 is 17.7 Å². The van der Waals surface area contributed by atoms with Crippen molar-refractivity contribution >= 4 is 17.4 Å². The third kappa shape index (κ3) is 4.31. The highest BCUT2D eigenvalue weighted by molar-refractivity contribution is 6.46. The van der Waals surface area contributed by atoms with Crippen molar-refractivity contribution in [3.05, 3.63) is 65.2 Å². The van der Waals surface area contributed by atoms with E-state index in [9.17, 15) is 19.8 Å². The molecule has 0 bridgehead atoms. The van der Waals surface area contributed by atoms with Gasteiger partial charge >= 0.3 is 0 Å². The fourth-order valence-electron chi connectivity index (χ4n) is 3.52. The average molecular weight is 411 g/mol. The summed E-state index contributed by atoms with van der Waals surface area (Å²) in [6, 6.07) is 12.2. The molecule has 2 N–H and O–H groups in total. The smallest absolute Gasteiger partial charge is 0.295 e. The van der Waals surface area contributed by atoms with Crippen LogP contribution < -0.4 is 4.74 Å². The molecule has 0 spiro atoms. The van der Waals surface area contributed by atoms with Gasteiger partial charge in [-0.2, -0.15) is 0 Å². The zero-order valence-electron chi connectivity index (χ0n) is 17.0. The van der Waals surface area contributed by atoms with Gasteiger partial charge in [0.2, 0.25) is 0 Å². The lowest BCUT2D eigenvalue weighted by molar-refractivity contribution is -0.140. The van der Waals surface area contributed by atoms with Gasteiger partial charge in [0, 0.05) is 25.8 Å². The fraction of sp³-hybridized carbons (Fsp3) is 0.304. The summed E-state index contributed by atoms with van der Waals surface area (Å²) in [7, 11) is 1.57. The molecule has 0 aromatic heterocycles. The summed E-state index contributed by atoms with van der Waals surface area (Å²) >= 11 is 0. The van der Waals surface area contributed by atoms with Crippen molar-refractivity contribution in [3.8, 4) is 11.5 Å². The number of hydrogen-bond donors (Lipinski definition) is 2. The molecule has 1 amide bonds. The Balaban J connectivity index is 2.06. The van der Waals surface area contributed by atoms with Gasteiger partial charge in [0.1, 0.15) is 17.3 Å². The molecule has 0 aliphatic carbocycles. The molecule has 1 saturated heterocycles. The van der Waals surface area contributed by atoms with Gasteiger partial charge in [-0.05, 0) is 55.3 Å². The van der Waals surface area contributed by atoms with E-state index in [0.717, 1.165) is 0 Å². The Morgan fingerprint density at radius 1 is 1.07 bits per heavy atom. The molecule has 1 atom stereocenters. The summed E-state index contributed by atoms with van der Waals surface area (Å²) in [5, 5.41) is 20.6. The first kappa shape index (κ1) is 21.4. The summed E-state index contributed by atoms with van der Waals surface area (Å²) in [6.07, 6.45) is 0.543. The molecule has 30 heavy (non-hydrogen) atoms. The van der Waals surface area contributed by atoms with Crippen LogP contribution in [0.1, 0.15) is 30.5 Å². The van der Waals surface area contributed by atoms with Crippen LogP contribution in [0.5, 0.6) is 11.5 Å². The molecule has 0 saturated carbocycles. The first-order valence-electron chi connectivity index (χ1n) is 9.77. The van der Waals surface area contributed by atoms with E-state index >= 15 is 0 Å². The van der Waals surface area contributed by atoms with Gasteiger partial charge in [0.05, 0.1) is 18.2 Å². The second-order valence-electron chi connectivity index (χ2n) is 6.89. The topological polar surface area (TPSA) is 96.3 Å². The van der Waals surface area contributed by atoms with Crippen LogP contribution in [0.2, 0.25) is 0 Å². The second-order valence-corrected chi connectivity index (χ2v) is 6.89. The second kappa shape index (κ2) is 9.45. The minimum atomic E-state index is -0.756. The Hall–Kier alpha value is -3.32. The first-order valence-corrected chi connectivity index (χ1v) is 9.77. The number of phenols is 1. The number of aromatic hydroxyl groups is 1. The molecule has 3 rings (SSSR count). The third-order valence-corrected chi connectivity index (χ3v) is 4.94. The molecule has 2 aromatic rings. The number of hydrogen-bond acceptors (Lipinski definition) is 6. The summed E-state index contributed by atoms with van der Waals surface area (Å²) < 4.78 is 10.5. The molecule has 0 radical (unpaired) electrons. The van der Waals surface area contributed by atoms with E-state index in [0.29, 0.717) is 43.1 Å². The van der Waals surface area contributed by atoms with Gasteiger partial charge in [-0.15, -0.1) is 0 Å². The number of ether oxygens (including phenoxy) is 2. The summed E-state index contributed by atoms with van der Waals surface area (Å²) in [6.45, 7) is 3.11. The summed E-state index contributed by atoms with van der Waals surface area (Å²) in [5.41, 5.74) is 1.06. The average Bonchev–Trinajstić information content (AvgIpc) is 3.00. The molecular formula is C23H25NO6. The van der Waals surface area contributed by atoms with Crippen LogP contribution in [0.3, 0.4) is 0 Å². The van der Waals surface area contributed by atoms with Crippen LogP contribution in [0, 0.1) is 0 Å². The van der Waals surface area contributed by atoms with Crippen molar-refractivity contribution in [2.24, 2.45) is 0 Å². The predicted molar refractivity (Wildman–Crippen MR) is 111 cm³/mol. The molecule has 7 nitrogen and oxygen atoms in total. The maximum absolute atomic E-state index is 12.9.